The van der Waals surface area contributed by atoms with Crippen molar-refractivity contribution < 1.29 is 22.9 Å². The average molecular weight is 433 g/mol. The Labute approximate surface area is 168 Å². The third kappa shape index (κ3) is 5.22. The number of carbonyl (C=O) groups excluding carboxylic acids is 1. The van der Waals surface area contributed by atoms with Crippen LogP contribution in [0.1, 0.15) is 29.9 Å². The van der Waals surface area contributed by atoms with Gasteiger partial charge in [0.1, 0.15) is 5.69 Å². The maximum Gasteiger partial charge on any atom is 0.416 e. The van der Waals surface area contributed by atoms with Gasteiger partial charge in [0.15, 0.2) is 5.69 Å². The van der Waals surface area contributed by atoms with Crippen LogP contribution in [0.5, 0.6) is 0 Å². The Balaban J connectivity index is 2.25. The van der Waals surface area contributed by atoms with E-state index in [1.807, 2.05) is 13.8 Å². The van der Waals surface area contributed by atoms with Crippen molar-refractivity contribution in [3.8, 4) is 0 Å². The quantitative estimate of drug-likeness (QED) is 0.507. The van der Waals surface area contributed by atoms with E-state index < -0.39 is 28.3 Å². The van der Waals surface area contributed by atoms with Crippen LogP contribution < -0.4 is 15.8 Å². The minimum absolute atomic E-state index is 0.0675. The molecule has 29 heavy (non-hydrogen) atoms. The lowest BCUT2D eigenvalue weighted by Crippen LogP contribution is -2.32. The smallest absolute Gasteiger partial charge is 0.341 e. The minimum atomic E-state index is -4.75. The van der Waals surface area contributed by atoms with E-state index >= 15 is 0 Å². The molecular weight excluding hydrogens is 417 g/mol. The molecule has 0 spiro atoms. The molecule has 156 valence electrons. The molecule has 0 aliphatic heterocycles. The predicted molar refractivity (Wildman–Crippen MR) is 99.8 cm³/mol. The molecule has 1 aromatic carbocycles. The van der Waals surface area contributed by atoms with Crippen LogP contribution in [0.25, 0.3) is 0 Å². The van der Waals surface area contributed by atoms with E-state index in [2.05, 4.69) is 20.8 Å². The van der Waals surface area contributed by atoms with Gasteiger partial charge in [-0.3, -0.25) is 25.8 Å². The van der Waals surface area contributed by atoms with E-state index in [4.69, 9.17) is 11.6 Å². The van der Waals surface area contributed by atoms with Gasteiger partial charge in [-0.05, 0) is 26.0 Å². The third-order valence-electron chi connectivity index (χ3n) is 3.83. The zero-order valence-corrected chi connectivity index (χ0v) is 16.0. The first-order valence-corrected chi connectivity index (χ1v) is 8.65. The van der Waals surface area contributed by atoms with Crippen molar-refractivity contribution in [2.45, 2.75) is 20.0 Å². The Bertz CT molecular complexity index is 921. The number of nitrogens with one attached hydrogen (secondary N) is 2. The number of aromatic nitrogens is 2. The van der Waals surface area contributed by atoms with Crippen molar-refractivity contribution >= 4 is 34.8 Å². The number of nitro groups is 1. The highest BCUT2D eigenvalue weighted by Gasteiger charge is 2.33. The number of hydrogen-bond donors (Lipinski definition) is 2. The summed E-state index contributed by atoms with van der Waals surface area (Å²) in [6.45, 7) is 4.89. The van der Waals surface area contributed by atoms with Gasteiger partial charge in [0.2, 0.25) is 5.95 Å². The zero-order valence-electron chi connectivity index (χ0n) is 15.2. The van der Waals surface area contributed by atoms with Crippen LogP contribution in [0, 0.1) is 10.1 Å². The van der Waals surface area contributed by atoms with Crippen LogP contribution in [0.3, 0.4) is 0 Å². The van der Waals surface area contributed by atoms with Gasteiger partial charge < -0.3 is 4.90 Å². The highest BCUT2D eigenvalue weighted by Crippen LogP contribution is 2.34. The number of amides is 1. The van der Waals surface area contributed by atoms with Gasteiger partial charge in [-0.25, -0.2) is 9.97 Å². The molecule has 2 rings (SSSR count). The number of hydrazine groups is 1. The number of hydrogen-bond acceptors (Lipinski definition) is 7. The van der Waals surface area contributed by atoms with E-state index in [0.717, 1.165) is 6.07 Å². The van der Waals surface area contributed by atoms with E-state index in [-0.39, 0.29) is 22.4 Å². The molecule has 1 heterocycles. The maximum atomic E-state index is 12.8. The molecule has 2 N–H and O–H groups in total. The van der Waals surface area contributed by atoms with Crippen LogP contribution in [0.4, 0.5) is 30.5 Å². The molecular formula is C16H16ClF3N6O3. The van der Waals surface area contributed by atoms with Crippen molar-refractivity contribution in [1.82, 2.24) is 15.4 Å². The summed E-state index contributed by atoms with van der Waals surface area (Å²) in [6.07, 6.45) is -3.51. The number of halogens is 4. The Kier molecular flexibility index (Phi) is 6.80. The van der Waals surface area contributed by atoms with Crippen molar-refractivity contribution in [3.05, 3.63) is 50.8 Å². The number of benzene rings is 1. The van der Waals surface area contributed by atoms with Gasteiger partial charge in [-0.2, -0.15) is 13.2 Å². The van der Waals surface area contributed by atoms with Crippen LogP contribution >= 0.6 is 11.6 Å². The molecule has 13 heteroatoms. The summed E-state index contributed by atoms with van der Waals surface area (Å²) in [6, 6.07) is 1.85. The van der Waals surface area contributed by atoms with Crippen molar-refractivity contribution in [3.63, 3.8) is 0 Å². The van der Waals surface area contributed by atoms with E-state index in [9.17, 15) is 28.1 Å². The van der Waals surface area contributed by atoms with Gasteiger partial charge in [0.05, 0.1) is 21.7 Å². The number of anilines is 2. The summed E-state index contributed by atoms with van der Waals surface area (Å²) >= 11 is 5.95. The molecule has 0 saturated heterocycles. The van der Waals surface area contributed by atoms with Crippen molar-refractivity contribution in [2.75, 3.05) is 23.4 Å². The highest BCUT2D eigenvalue weighted by atomic mass is 35.5. The molecule has 0 atom stereocenters. The monoisotopic (exact) mass is 432 g/mol. The zero-order chi connectivity index (χ0) is 21.8. The van der Waals surface area contributed by atoms with Crippen molar-refractivity contribution in [1.29, 1.82) is 0 Å². The van der Waals surface area contributed by atoms with Crippen molar-refractivity contribution in [2.24, 2.45) is 0 Å². The number of carbonyl (C=O) groups is 1. The van der Waals surface area contributed by atoms with E-state index in [0.29, 0.717) is 25.2 Å². The Morgan fingerprint density at radius 1 is 1.31 bits per heavy atom. The van der Waals surface area contributed by atoms with Gasteiger partial charge in [0.25, 0.3) is 11.6 Å². The molecule has 1 amide bonds. The molecule has 0 aliphatic rings. The number of alkyl halides is 3. The molecule has 0 saturated carbocycles. The van der Waals surface area contributed by atoms with Crippen LogP contribution in [0.15, 0.2) is 24.4 Å². The Morgan fingerprint density at radius 3 is 2.52 bits per heavy atom. The van der Waals surface area contributed by atoms with Gasteiger partial charge in [-0.1, -0.05) is 11.6 Å². The summed E-state index contributed by atoms with van der Waals surface area (Å²) in [5, 5.41) is 11.0. The predicted octanol–water partition coefficient (Wildman–Crippen LogP) is 3.66. The summed E-state index contributed by atoms with van der Waals surface area (Å²) in [5.41, 5.74) is 1.78. The molecule has 0 fully saturated rings. The summed E-state index contributed by atoms with van der Waals surface area (Å²) in [7, 11) is 0. The van der Waals surface area contributed by atoms with Gasteiger partial charge >= 0.3 is 6.18 Å². The first kappa shape index (κ1) is 22.1. The molecule has 0 unspecified atom stereocenters. The minimum Gasteiger partial charge on any atom is -0.341 e. The second-order valence-corrected chi connectivity index (χ2v) is 6.01. The second-order valence-electron chi connectivity index (χ2n) is 5.60. The summed E-state index contributed by atoms with van der Waals surface area (Å²) in [5.74, 6) is -0.593. The first-order chi connectivity index (χ1) is 13.6. The lowest BCUT2D eigenvalue weighted by atomic mass is 10.1. The van der Waals surface area contributed by atoms with Gasteiger partial charge in [-0.15, -0.1) is 0 Å². The third-order valence-corrected chi connectivity index (χ3v) is 4.10. The molecule has 1 aromatic heterocycles. The Morgan fingerprint density at radius 2 is 1.97 bits per heavy atom. The molecule has 9 nitrogen and oxygen atoms in total. The topological polar surface area (TPSA) is 113 Å². The SMILES string of the molecule is CCN(CC)c1ncc(Cl)c(C(=O)NNc2ccc(C(F)(F)F)cc2[N+](=O)[O-])n1. The van der Waals surface area contributed by atoms with E-state index in [1.54, 1.807) is 4.90 Å². The normalized spacial score (nSPS) is 11.1. The number of rotatable bonds is 7. The van der Waals surface area contributed by atoms with Crippen LogP contribution in [-0.4, -0.2) is 33.9 Å². The molecule has 0 bridgehead atoms. The lowest BCUT2D eigenvalue weighted by Gasteiger charge is -2.19. The summed E-state index contributed by atoms with van der Waals surface area (Å²) in [4.78, 5) is 32.4. The molecule has 2 aromatic rings. The largest absolute Gasteiger partial charge is 0.416 e. The fourth-order valence-corrected chi connectivity index (χ4v) is 2.50. The number of nitro benzene ring substituents is 1. The lowest BCUT2D eigenvalue weighted by molar-refractivity contribution is -0.384. The highest BCUT2D eigenvalue weighted by molar-refractivity contribution is 6.33. The fourth-order valence-electron chi connectivity index (χ4n) is 2.32. The summed E-state index contributed by atoms with van der Waals surface area (Å²) < 4.78 is 38.3. The van der Waals surface area contributed by atoms with Crippen LogP contribution in [-0.2, 0) is 6.18 Å². The van der Waals surface area contributed by atoms with Crippen LogP contribution in [0.2, 0.25) is 5.02 Å². The average Bonchev–Trinajstić information content (AvgIpc) is 2.67. The number of nitrogens with zero attached hydrogens (tertiary/aromatic N) is 4. The standard InChI is InChI=1S/C16H16ClF3N6O3/c1-3-25(4-2)15-21-8-10(17)13(22-15)14(27)24-23-11-6-5-9(16(18,19)20)7-12(11)26(28)29/h5-8,23H,3-4H2,1-2H3,(H,24,27). The maximum absolute atomic E-state index is 12.8. The fraction of sp³-hybridized carbons (Fsp3) is 0.312. The van der Waals surface area contributed by atoms with E-state index in [1.165, 1.54) is 6.20 Å². The first-order valence-electron chi connectivity index (χ1n) is 8.27. The molecule has 0 radical (unpaired) electrons. The second kappa shape index (κ2) is 8.90. The molecule has 0 aliphatic carbocycles. The van der Waals surface area contributed by atoms with Gasteiger partial charge in [0, 0.05) is 19.2 Å². The Hall–Kier alpha value is -3.15.